The van der Waals surface area contributed by atoms with Crippen LogP contribution in [0.2, 0.25) is 0 Å². The molecule has 0 aromatic rings. The maximum absolute atomic E-state index is 10.3. The molecule has 0 bridgehead atoms. The van der Waals surface area contributed by atoms with Crippen LogP contribution in [0.4, 0.5) is 0 Å². The van der Waals surface area contributed by atoms with Crippen molar-refractivity contribution in [2.75, 3.05) is 13.2 Å². The number of carboxylic acid groups (broad SMARTS) is 1. The minimum Gasteiger partial charge on any atom is -0.481 e. The zero-order valence-corrected chi connectivity index (χ0v) is 8.47. The Hall–Kier alpha value is -0.320. The number of ether oxygens (including phenoxy) is 1. The molecule has 0 aromatic heterocycles. The van der Waals surface area contributed by atoms with Gasteiger partial charge in [0.2, 0.25) is 0 Å². The third-order valence-electron chi connectivity index (χ3n) is 2.06. The van der Waals surface area contributed by atoms with Crippen LogP contribution in [0.3, 0.4) is 0 Å². The summed E-state index contributed by atoms with van der Waals surface area (Å²) in [7, 11) is 0. The second kappa shape index (κ2) is 6.18. The van der Waals surface area contributed by atoms with Gasteiger partial charge in [-0.15, -0.1) is 12.4 Å². The van der Waals surface area contributed by atoms with Gasteiger partial charge >= 0.3 is 5.97 Å². The average Bonchev–Trinajstić information content (AvgIpc) is 2.05. The first-order valence-corrected chi connectivity index (χ1v) is 4.29. The number of rotatable bonds is 3. The van der Waals surface area contributed by atoms with Gasteiger partial charge in [-0.05, 0) is 6.42 Å². The number of hydrogen-bond donors (Lipinski definition) is 2. The van der Waals surface area contributed by atoms with Crippen LogP contribution in [0.15, 0.2) is 0 Å². The molecule has 1 heterocycles. The largest absolute Gasteiger partial charge is 0.481 e. The molecule has 13 heavy (non-hydrogen) atoms. The first-order valence-electron chi connectivity index (χ1n) is 4.29. The summed E-state index contributed by atoms with van der Waals surface area (Å²) in [6, 6.07) is 0.398. The molecular formula is C8H16ClNO3. The third-order valence-corrected chi connectivity index (χ3v) is 2.06. The Morgan fingerprint density at radius 3 is 2.77 bits per heavy atom. The lowest BCUT2D eigenvalue weighted by Gasteiger charge is -2.28. The number of morpholine rings is 1. The van der Waals surface area contributed by atoms with Crippen LogP contribution in [-0.4, -0.2) is 36.4 Å². The number of hydrogen-bond acceptors (Lipinski definition) is 3. The van der Waals surface area contributed by atoms with E-state index in [2.05, 4.69) is 12.2 Å². The topological polar surface area (TPSA) is 58.6 Å². The highest BCUT2D eigenvalue weighted by Crippen LogP contribution is 2.06. The van der Waals surface area contributed by atoms with Gasteiger partial charge in [-0.1, -0.05) is 6.92 Å². The lowest BCUT2D eigenvalue weighted by molar-refractivity contribution is -0.141. The lowest BCUT2D eigenvalue weighted by Crippen LogP contribution is -2.46. The second-order valence-electron chi connectivity index (χ2n) is 3.07. The van der Waals surface area contributed by atoms with E-state index < -0.39 is 5.97 Å². The van der Waals surface area contributed by atoms with Crippen LogP contribution >= 0.6 is 12.4 Å². The Morgan fingerprint density at radius 2 is 2.38 bits per heavy atom. The minimum absolute atomic E-state index is 0. The summed E-state index contributed by atoms with van der Waals surface area (Å²) in [5.74, 6) is -0.795. The number of aliphatic carboxylic acids is 1. The van der Waals surface area contributed by atoms with Gasteiger partial charge in [0.25, 0.3) is 0 Å². The van der Waals surface area contributed by atoms with Crippen molar-refractivity contribution in [3.05, 3.63) is 0 Å². The molecule has 4 nitrogen and oxygen atoms in total. The predicted octanol–water partition coefficient (Wildman–Crippen LogP) is 0.650. The Balaban J connectivity index is 0.00000144. The fourth-order valence-electron chi connectivity index (χ4n) is 1.26. The van der Waals surface area contributed by atoms with E-state index in [0.29, 0.717) is 19.2 Å². The highest BCUT2D eigenvalue weighted by molar-refractivity contribution is 5.85. The molecule has 0 saturated carbocycles. The number of carbonyl (C=O) groups is 1. The summed E-state index contributed by atoms with van der Waals surface area (Å²) in [5.41, 5.74) is 0. The molecule has 78 valence electrons. The summed E-state index contributed by atoms with van der Waals surface area (Å²) in [6.45, 7) is 3.37. The molecule has 0 aliphatic carbocycles. The van der Waals surface area contributed by atoms with Gasteiger partial charge in [-0.2, -0.15) is 0 Å². The first kappa shape index (κ1) is 12.7. The normalized spacial score (nSPS) is 27.8. The van der Waals surface area contributed by atoms with Gasteiger partial charge < -0.3 is 15.2 Å². The molecule has 0 amide bonds. The maximum Gasteiger partial charge on any atom is 0.306 e. The van der Waals surface area contributed by atoms with Crippen molar-refractivity contribution in [2.45, 2.75) is 31.9 Å². The van der Waals surface area contributed by atoms with Crippen LogP contribution in [0, 0.1) is 0 Å². The molecule has 0 spiro atoms. The maximum atomic E-state index is 10.3. The summed E-state index contributed by atoms with van der Waals surface area (Å²) < 4.78 is 5.35. The van der Waals surface area contributed by atoms with Gasteiger partial charge in [0.05, 0.1) is 19.1 Å². The van der Waals surface area contributed by atoms with Gasteiger partial charge in [-0.3, -0.25) is 4.79 Å². The Labute approximate surface area is 84.1 Å². The Kier molecular flexibility index (Phi) is 6.03. The molecular weight excluding hydrogens is 194 g/mol. The molecule has 0 aromatic carbocycles. The standard InChI is InChI=1S/C8H15NO3.ClH/c1-2-6-5-12-7(4-9-6)3-8(10)11;/h6-7,9H,2-5H2,1H3,(H,10,11);1H/t6-,7+;/m0./s1. The molecule has 0 radical (unpaired) electrons. The molecule has 1 saturated heterocycles. The van der Waals surface area contributed by atoms with Crippen molar-refractivity contribution < 1.29 is 14.6 Å². The van der Waals surface area contributed by atoms with Crippen molar-refractivity contribution in [2.24, 2.45) is 0 Å². The van der Waals surface area contributed by atoms with E-state index in [9.17, 15) is 4.79 Å². The van der Waals surface area contributed by atoms with Crippen molar-refractivity contribution in [1.82, 2.24) is 5.32 Å². The van der Waals surface area contributed by atoms with E-state index in [1.54, 1.807) is 0 Å². The zero-order valence-electron chi connectivity index (χ0n) is 7.66. The second-order valence-corrected chi connectivity index (χ2v) is 3.07. The van der Waals surface area contributed by atoms with Crippen molar-refractivity contribution in [3.63, 3.8) is 0 Å². The summed E-state index contributed by atoms with van der Waals surface area (Å²) in [6.07, 6.45) is 0.980. The summed E-state index contributed by atoms with van der Waals surface area (Å²) in [4.78, 5) is 10.3. The van der Waals surface area contributed by atoms with Crippen LogP contribution < -0.4 is 5.32 Å². The molecule has 0 unspecified atom stereocenters. The van der Waals surface area contributed by atoms with Gasteiger partial charge in [0.1, 0.15) is 0 Å². The minimum atomic E-state index is -0.795. The van der Waals surface area contributed by atoms with E-state index in [4.69, 9.17) is 9.84 Å². The smallest absolute Gasteiger partial charge is 0.306 e. The monoisotopic (exact) mass is 209 g/mol. The predicted molar refractivity (Wildman–Crippen MR) is 51.3 cm³/mol. The fraction of sp³-hybridized carbons (Fsp3) is 0.875. The Bertz CT molecular complexity index is 157. The number of halogens is 1. The van der Waals surface area contributed by atoms with Crippen molar-refractivity contribution in [3.8, 4) is 0 Å². The molecule has 2 atom stereocenters. The van der Waals surface area contributed by atoms with Crippen LogP contribution in [0.25, 0.3) is 0 Å². The molecule has 5 heteroatoms. The first-order chi connectivity index (χ1) is 5.72. The van der Waals surface area contributed by atoms with Crippen LogP contribution in [0.1, 0.15) is 19.8 Å². The molecule has 1 aliphatic rings. The zero-order chi connectivity index (χ0) is 8.97. The van der Waals surface area contributed by atoms with E-state index in [1.165, 1.54) is 0 Å². The molecule has 2 N–H and O–H groups in total. The molecule has 1 fully saturated rings. The van der Waals surface area contributed by atoms with E-state index in [0.717, 1.165) is 6.42 Å². The summed E-state index contributed by atoms with van der Waals surface area (Å²) >= 11 is 0. The number of nitrogens with one attached hydrogen (secondary N) is 1. The average molecular weight is 210 g/mol. The SMILES string of the molecule is CC[C@H]1CO[C@H](CC(=O)O)CN1.Cl. The fourth-order valence-corrected chi connectivity index (χ4v) is 1.26. The molecule has 1 rings (SSSR count). The van der Waals surface area contributed by atoms with E-state index in [1.807, 2.05) is 0 Å². The summed E-state index contributed by atoms with van der Waals surface area (Å²) in [5, 5.41) is 11.7. The van der Waals surface area contributed by atoms with Gasteiger partial charge in [0, 0.05) is 12.6 Å². The van der Waals surface area contributed by atoms with Crippen LogP contribution in [-0.2, 0) is 9.53 Å². The quantitative estimate of drug-likeness (QED) is 0.717. The highest BCUT2D eigenvalue weighted by atomic mass is 35.5. The molecule has 1 aliphatic heterocycles. The van der Waals surface area contributed by atoms with Gasteiger partial charge in [-0.25, -0.2) is 0 Å². The van der Waals surface area contributed by atoms with Gasteiger partial charge in [0.15, 0.2) is 0 Å². The Morgan fingerprint density at radius 1 is 1.69 bits per heavy atom. The van der Waals surface area contributed by atoms with E-state index in [-0.39, 0.29) is 24.9 Å². The van der Waals surface area contributed by atoms with Crippen molar-refractivity contribution in [1.29, 1.82) is 0 Å². The lowest BCUT2D eigenvalue weighted by atomic mass is 10.1. The van der Waals surface area contributed by atoms with Crippen LogP contribution in [0.5, 0.6) is 0 Å². The van der Waals surface area contributed by atoms with E-state index >= 15 is 0 Å². The highest BCUT2D eigenvalue weighted by Gasteiger charge is 2.21. The van der Waals surface area contributed by atoms with Crippen molar-refractivity contribution >= 4 is 18.4 Å². The third kappa shape index (κ3) is 4.45. The number of carboxylic acids is 1.